The largest absolute Gasteiger partial charge is 0.352 e. The lowest BCUT2D eigenvalue weighted by Crippen LogP contribution is -2.52. The van der Waals surface area contributed by atoms with Crippen LogP contribution in [0.1, 0.15) is 36.7 Å². The first-order valence-corrected chi connectivity index (χ1v) is 10.8. The van der Waals surface area contributed by atoms with Crippen LogP contribution in [0.5, 0.6) is 0 Å². The highest BCUT2D eigenvalue weighted by Crippen LogP contribution is 2.50. The molecule has 0 bridgehead atoms. The molecule has 31 heavy (non-hydrogen) atoms. The number of likely N-dealkylation sites (tertiary alicyclic amines) is 1. The molecule has 0 N–H and O–H groups in total. The zero-order valence-corrected chi connectivity index (χ0v) is 18.3. The molecule has 4 atom stereocenters. The minimum atomic E-state index is -0.801. The standard InChI is InChI=1S/C25H23ClN2O3/c1-25(2,3)28-23(30)19-18-13-12-14-8-4-7-11-17(14)27(18)21(20(19)24(28)31)22(29)15-9-5-6-10-16(15)26/h4-13,18-21H,1-3H3/t18-,19-,20-,21-/m0/s1. The first kappa shape index (κ1) is 20.0. The van der Waals surface area contributed by atoms with Crippen molar-refractivity contribution in [1.29, 1.82) is 0 Å². The van der Waals surface area contributed by atoms with Crippen molar-refractivity contribution < 1.29 is 14.4 Å². The number of hydrogen-bond donors (Lipinski definition) is 0. The number of rotatable bonds is 2. The van der Waals surface area contributed by atoms with Gasteiger partial charge in [0.25, 0.3) is 0 Å². The van der Waals surface area contributed by atoms with Crippen LogP contribution in [0.25, 0.3) is 6.08 Å². The Hall–Kier alpha value is -2.92. The fraction of sp³-hybridized carbons (Fsp3) is 0.320. The van der Waals surface area contributed by atoms with E-state index in [1.54, 1.807) is 24.3 Å². The van der Waals surface area contributed by atoms with Crippen molar-refractivity contribution in [2.45, 2.75) is 38.4 Å². The number of imide groups is 1. The molecule has 2 aromatic rings. The summed E-state index contributed by atoms with van der Waals surface area (Å²) in [5, 5.41) is 0.345. The Kier molecular flexibility index (Phi) is 4.38. The second-order valence-electron chi connectivity index (χ2n) is 9.34. The zero-order valence-electron chi connectivity index (χ0n) is 17.6. The van der Waals surface area contributed by atoms with Crippen molar-refractivity contribution >= 4 is 41.0 Å². The summed E-state index contributed by atoms with van der Waals surface area (Å²) >= 11 is 6.37. The second-order valence-corrected chi connectivity index (χ2v) is 9.75. The van der Waals surface area contributed by atoms with Gasteiger partial charge in [-0.1, -0.05) is 54.1 Å². The third-order valence-corrected chi connectivity index (χ3v) is 6.82. The maximum atomic E-state index is 13.9. The van der Waals surface area contributed by atoms with Gasteiger partial charge in [-0.25, -0.2) is 0 Å². The van der Waals surface area contributed by atoms with E-state index >= 15 is 0 Å². The Morgan fingerprint density at radius 3 is 2.29 bits per heavy atom. The first-order valence-electron chi connectivity index (χ1n) is 10.4. The van der Waals surface area contributed by atoms with Gasteiger partial charge in [0.05, 0.1) is 22.9 Å². The Morgan fingerprint density at radius 1 is 0.935 bits per heavy atom. The molecule has 0 spiro atoms. The number of fused-ring (bicyclic) bond motifs is 5. The van der Waals surface area contributed by atoms with E-state index in [1.807, 2.05) is 62.1 Å². The Labute approximate surface area is 186 Å². The molecule has 5 rings (SSSR count). The van der Waals surface area contributed by atoms with E-state index in [0.29, 0.717) is 10.6 Å². The van der Waals surface area contributed by atoms with Gasteiger partial charge in [0.1, 0.15) is 6.04 Å². The molecule has 3 aliphatic rings. The highest BCUT2D eigenvalue weighted by molar-refractivity contribution is 6.34. The highest BCUT2D eigenvalue weighted by atomic mass is 35.5. The van der Waals surface area contributed by atoms with Crippen LogP contribution in [0.2, 0.25) is 5.02 Å². The number of carbonyl (C=O) groups excluding carboxylic acids is 3. The predicted octanol–water partition coefficient (Wildman–Crippen LogP) is 4.21. The highest BCUT2D eigenvalue weighted by Gasteiger charge is 2.65. The van der Waals surface area contributed by atoms with Gasteiger partial charge in [0, 0.05) is 16.8 Å². The molecular formula is C25H23ClN2O3. The summed E-state index contributed by atoms with van der Waals surface area (Å²) < 4.78 is 0. The Balaban J connectivity index is 1.69. The average Bonchev–Trinajstić information content (AvgIpc) is 3.20. The molecule has 2 saturated heterocycles. The number of halogens is 1. The van der Waals surface area contributed by atoms with E-state index in [1.165, 1.54) is 4.90 Å². The van der Waals surface area contributed by atoms with Gasteiger partial charge >= 0.3 is 0 Å². The molecule has 158 valence electrons. The molecule has 0 aromatic heterocycles. The molecule has 6 heteroatoms. The van der Waals surface area contributed by atoms with Crippen LogP contribution in [0.3, 0.4) is 0 Å². The van der Waals surface area contributed by atoms with Crippen molar-refractivity contribution in [2.24, 2.45) is 11.8 Å². The number of amides is 2. The van der Waals surface area contributed by atoms with E-state index in [4.69, 9.17) is 11.6 Å². The van der Waals surface area contributed by atoms with E-state index < -0.39 is 23.4 Å². The van der Waals surface area contributed by atoms with Crippen LogP contribution in [-0.2, 0) is 9.59 Å². The lowest BCUT2D eigenvalue weighted by atomic mass is 9.86. The smallest absolute Gasteiger partial charge is 0.236 e. The minimum Gasteiger partial charge on any atom is -0.352 e. The van der Waals surface area contributed by atoms with Gasteiger partial charge in [0.15, 0.2) is 5.78 Å². The van der Waals surface area contributed by atoms with Gasteiger partial charge in [-0.15, -0.1) is 0 Å². The molecule has 0 saturated carbocycles. The van der Waals surface area contributed by atoms with Crippen molar-refractivity contribution in [1.82, 2.24) is 4.90 Å². The number of nitrogens with zero attached hydrogens (tertiary/aromatic N) is 2. The lowest BCUT2D eigenvalue weighted by Gasteiger charge is -2.38. The van der Waals surface area contributed by atoms with Crippen molar-refractivity contribution in [3.8, 4) is 0 Å². The molecule has 3 aliphatic heterocycles. The lowest BCUT2D eigenvalue weighted by molar-refractivity contribution is -0.145. The number of anilines is 1. The molecule has 2 fully saturated rings. The predicted molar refractivity (Wildman–Crippen MR) is 120 cm³/mol. The normalized spacial score (nSPS) is 26.7. The molecule has 0 aliphatic carbocycles. The van der Waals surface area contributed by atoms with E-state index in [-0.39, 0.29) is 23.6 Å². The van der Waals surface area contributed by atoms with Crippen LogP contribution >= 0.6 is 11.6 Å². The third kappa shape index (κ3) is 2.79. The molecule has 0 radical (unpaired) electrons. The van der Waals surface area contributed by atoms with Crippen molar-refractivity contribution in [3.63, 3.8) is 0 Å². The summed E-state index contributed by atoms with van der Waals surface area (Å²) in [4.78, 5) is 44.3. The summed E-state index contributed by atoms with van der Waals surface area (Å²) in [5.74, 6) is -2.08. The topological polar surface area (TPSA) is 57.7 Å². The van der Waals surface area contributed by atoms with E-state index in [0.717, 1.165) is 11.3 Å². The Morgan fingerprint density at radius 2 is 1.58 bits per heavy atom. The second kappa shape index (κ2) is 6.79. The number of carbonyl (C=O) groups is 3. The maximum absolute atomic E-state index is 13.9. The Bertz CT molecular complexity index is 1150. The van der Waals surface area contributed by atoms with E-state index in [2.05, 4.69) is 0 Å². The molecule has 2 aromatic carbocycles. The van der Waals surface area contributed by atoms with Crippen molar-refractivity contribution in [3.05, 3.63) is 70.8 Å². The molecular weight excluding hydrogens is 412 g/mol. The van der Waals surface area contributed by atoms with Crippen LogP contribution in [0, 0.1) is 11.8 Å². The fourth-order valence-corrected chi connectivity index (χ4v) is 5.52. The SMILES string of the molecule is CC(C)(C)N1C(=O)[C@@H]2[C@H](C1=O)[C@@H](C(=O)c1ccccc1Cl)N1c3ccccc3C=C[C@@H]21. The van der Waals surface area contributed by atoms with Gasteiger partial charge in [-0.2, -0.15) is 0 Å². The van der Waals surface area contributed by atoms with E-state index in [9.17, 15) is 14.4 Å². The summed E-state index contributed by atoms with van der Waals surface area (Å²) in [7, 11) is 0. The van der Waals surface area contributed by atoms with Crippen LogP contribution in [-0.4, -0.2) is 40.1 Å². The summed E-state index contributed by atoms with van der Waals surface area (Å²) in [6.07, 6.45) is 3.94. The number of benzene rings is 2. The van der Waals surface area contributed by atoms with Crippen molar-refractivity contribution in [2.75, 3.05) is 4.90 Å². The van der Waals surface area contributed by atoms with Gasteiger partial charge in [-0.05, 0) is 44.5 Å². The third-order valence-electron chi connectivity index (χ3n) is 6.49. The average molecular weight is 435 g/mol. The maximum Gasteiger partial charge on any atom is 0.236 e. The number of ketones is 1. The van der Waals surface area contributed by atoms with Gasteiger partial charge < -0.3 is 4.90 Å². The summed E-state index contributed by atoms with van der Waals surface area (Å²) in [5.41, 5.74) is 1.54. The number of Topliss-reactive ketones (excluding diaryl/α,β-unsaturated/α-hetero) is 1. The van der Waals surface area contributed by atoms with Gasteiger partial charge in [0.2, 0.25) is 11.8 Å². The summed E-state index contributed by atoms with van der Waals surface area (Å²) in [6.45, 7) is 5.54. The monoisotopic (exact) mass is 434 g/mol. The molecule has 2 amide bonds. The molecule has 5 nitrogen and oxygen atoms in total. The first-order chi connectivity index (χ1) is 14.7. The molecule has 3 heterocycles. The van der Waals surface area contributed by atoms with Crippen LogP contribution in [0.15, 0.2) is 54.6 Å². The quantitative estimate of drug-likeness (QED) is 0.525. The number of hydrogen-bond acceptors (Lipinski definition) is 4. The molecule has 0 unspecified atom stereocenters. The fourth-order valence-electron chi connectivity index (χ4n) is 5.30. The number of para-hydroxylation sites is 1. The van der Waals surface area contributed by atoms with Gasteiger partial charge in [-0.3, -0.25) is 19.3 Å². The van der Waals surface area contributed by atoms with Crippen LogP contribution < -0.4 is 4.90 Å². The minimum absolute atomic E-state index is 0.212. The zero-order chi connectivity index (χ0) is 22.1. The summed E-state index contributed by atoms with van der Waals surface area (Å²) in [6, 6.07) is 13.5. The van der Waals surface area contributed by atoms with Crippen LogP contribution in [0.4, 0.5) is 5.69 Å².